The number of methoxy groups -OCH3 is 1. The van der Waals surface area contributed by atoms with Crippen molar-refractivity contribution in [1.82, 2.24) is 20.1 Å². The van der Waals surface area contributed by atoms with Gasteiger partial charge in [0.2, 0.25) is 5.91 Å². The van der Waals surface area contributed by atoms with Crippen LogP contribution in [-0.4, -0.2) is 33.5 Å². The summed E-state index contributed by atoms with van der Waals surface area (Å²) in [4.78, 5) is 12.5. The number of ether oxygens (including phenoxy) is 1. The van der Waals surface area contributed by atoms with Gasteiger partial charge in [-0.2, -0.15) is 0 Å². The Morgan fingerprint density at radius 3 is 2.53 bits per heavy atom. The van der Waals surface area contributed by atoms with Crippen LogP contribution in [0.5, 0.6) is 5.75 Å². The molecule has 0 fully saturated rings. The monoisotopic (exact) mass is 424 g/mol. The van der Waals surface area contributed by atoms with Crippen molar-refractivity contribution >= 4 is 17.7 Å². The van der Waals surface area contributed by atoms with Crippen molar-refractivity contribution in [3.8, 4) is 17.1 Å². The maximum atomic E-state index is 12.5. The topological polar surface area (TPSA) is 69.0 Å². The first-order valence-corrected chi connectivity index (χ1v) is 11.2. The molecular weight excluding hydrogens is 396 g/mol. The summed E-state index contributed by atoms with van der Waals surface area (Å²) in [5, 5.41) is 12.6. The Morgan fingerprint density at radius 2 is 1.87 bits per heavy atom. The summed E-state index contributed by atoms with van der Waals surface area (Å²) in [5.41, 5.74) is 2.07. The lowest BCUT2D eigenvalue weighted by Gasteiger charge is -2.14. The Balaban J connectivity index is 1.68. The molecule has 0 aliphatic rings. The molecule has 0 saturated carbocycles. The Bertz CT molecular complexity index is 942. The molecule has 0 saturated heterocycles. The van der Waals surface area contributed by atoms with E-state index in [0.29, 0.717) is 5.75 Å². The summed E-state index contributed by atoms with van der Waals surface area (Å²) in [7, 11) is 1.65. The van der Waals surface area contributed by atoms with Crippen molar-refractivity contribution in [2.75, 3.05) is 12.9 Å². The summed E-state index contributed by atoms with van der Waals surface area (Å²) in [6, 6.07) is 17.7. The van der Waals surface area contributed by atoms with Gasteiger partial charge < -0.3 is 14.6 Å². The molecule has 1 amide bonds. The summed E-state index contributed by atoms with van der Waals surface area (Å²) in [6.45, 7) is 4.96. The molecule has 1 unspecified atom stereocenters. The number of amides is 1. The Hall–Kier alpha value is -2.80. The van der Waals surface area contributed by atoms with E-state index in [0.717, 1.165) is 47.2 Å². The number of unbranched alkanes of at least 4 members (excludes halogenated alkanes) is 1. The van der Waals surface area contributed by atoms with Crippen LogP contribution in [0.2, 0.25) is 0 Å². The second-order valence-corrected chi connectivity index (χ2v) is 7.97. The smallest absolute Gasteiger partial charge is 0.230 e. The summed E-state index contributed by atoms with van der Waals surface area (Å²) in [5.74, 6) is 1.89. The average Bonchev–Trinajstić information content (AvgIpc) is 3.19. The molecule has 3 rings (SSSR count). The minimum atomic E-state index is -0.0351. The number of carbonyl (C=O) groups excluding carboxylic acids is 1. The number of nitrogens with zero attached hydrogens (tertiary/aromatic N) is 3. The fourth-order valence-corrected chi connectivity index (χ4v) is 3.88. The second-order valence-electron chi connectivity index (χ2n) is 7.03. The molecule has 1 aromatic heterocycles. The first-order valence-electron chi connectivity index (χ1n) is 10.2. The number of nitrogens with one attached hydrogen (secondary N) is 1. The SMILES string of the molecule is CCCCn1c(SCC(=O)NC(C)c2ccccc2)nnc1-c1ccc(OC)cc1. The van der Waals surface area contributed by atoms with Crippen LogP contribution < -0.4 is 10.1 Å². The van der Waals surface area contributed by atoms with Gasteiger partial charge in [-0.05, 0) is 43.2 Å². The standard InChI is InChI=1S/C23H28N4O2S/c1-4-5-15-27-22(19-11-13-20(29-3)14-12-19)25-26-23(27)30-16-21(28)24-17(2)18-9-7-6-8-10-18/h6-14,17H,4-5,15-16H2,1-3H3,(H,24,28). The third-order valence-corrected chi connectivity index (χ3v) is 5.78. The predicted molar refractivity (Wildman–Crippen MR) is 121 cm³/mol. The van der Waals surface area contributed by atoms with Crippen LogP contribution in [0.1, 0.15) is 38.3 Å². The minimum absolute atomic E-state index is 0.0209. The van der Waals surface area contributed by atoms with E-state index in [2.05, 4.69) is 27.0 Å². The van der Waals surface area contributed by atoms with E-state index in [1.54, 1.807) is 7.11 Å². The lowest BCUT2D eigenvalue weighted by atomic mass is 10.1. The van der Waals surface area contributed by atoms with Crippen molar-refractivity contribution in [3.05, 3.63) is 60.2 Å². The van der Waals surface area contributed by atoms with Gasteiger partial charge in [0.05, 0.1) is 18.9 Å². The molecule has 7 heteroatoms. The summed E-state index contributed by atoms with van der Waals surface area (Å²) < 4.78 is 7.34. The van der Waals surface area contributed by atoms with Crippen molar-refractivity contribution < 1.29 is 9.53 Å². The van der Waals surface area contributed by atoms with E-state index in [1.165, 1.54) is 11.8 Å². The largest absolute Gasteiger partial charge is 0.497 e. The number of hydrogen-bond acceptors (Lipinski definition) is 5. The number of carbonyl (C=O) groups is 1. The first-order chi connectivity index (χ1) is 14.6. The summed E-state index contributed by atoms with van der Waals surface area (Å²) in [6.07, 6.45) is 2.09. The molecule has 1 heterocycles. The van der Waals surface area contributed by atoms with Crippen molar-refractivity contribution in [2.24, 2.45) is 0 Å². The van der Waals surface area contributed by atoms with E-state index in [-0.39, 0.29) is 11.9 Å². The molecule has 2 aromatic carbocycles. The fraction of sp³-hybridized carbons (Fsp3) is 0.348. The normalized spacial score (nSPS) is 11.8. The first kappa shape index (κ1) is 21.9. The van der Waals surface area contributed by atoms with Crippen LogP contribution >= 0.6 is 11.8 Å². The molecule has 0 aliphatic heterocycles. The Labute approximate surface area is 182 Å². The zero-order valence-corrected chi connectivity index (χ0v) is 18.5. The van der Waals surface area contributed by atoms with E-state index in [4.69, 9.17) is 4.74 Å². The molecule has 30 heavy (non-hydrogen) atoms. The number of hydrogen-bond donors (Lipinski definition) is 1. The van der Waals surface area contributed by atoms with Gasteiger partial charge in [-0.15, -0.1) is 10.2 Å². The van der Waals surface area contributed by atoms with Crippen molar-refractivity contribution in [2.45, 2.75) is 44.4 Å². The third kappa shape index (κ3) is 5.63. The molecule has 158 valence electrons. The van der Waals surface area contributed by atoms with Crippen LogP contribution in [0.15, 0.2) is 59.8 Å². The lowest BCUT2D eigenvalue weighted by Crippen LogP contribution is -2.28. The number of rotatable bonds is 10. The fourth-order valence-electron chi connectivity index (χ4n) is 3.11. The highest BCUT2D eigenvalue weighted by molar-refractivity contribution is 7.99. The maximum Gasteiger partial charge on any atom is 0.230 e. The van der Waals surface area contributed by atoms with E-state index >= 15 is 0 Å². The van der Waals surface area contributed by atoms with Gasteiger partial charge in [0.15, 0.2) is 11.0 Å². The van der Waals surface area contributed by atoms with E-state index in [1.807, 2.05) is 61.5 Å². The van der Waals surface area contributed by atoms with Crippen LogP contribution in [0.4, 0.5) is 0 Å². The van der Waals surface area contributed by atoms with Gasteiger partial charge in [-0.25, -0.2) is 0 Å². The molecule has 1 atom stereocenters. The zero-order chi connectivity index (χ0) is 21.3. The van der Waals surface area contributed by atoms with Crippen LogP contribution in [0.25, 0.3) is 11.4 Å². The molecule has 0 radical (unpaired) electrons. The molecule has 6 nitrogen and oxygen atoms in total. The predicted octanol–water partition coefficient (Wildman–Crippen LogP) is 4.72. The highest BCUT2D eigenvalue weighted by atomic mass is 32.2. The third-order valence-electron chi connectivity index (χ3n) is 4.81. The second kappa shape index (κ2) is 10.8. The highest BCUT2D eigenvalue weighted by Gasteiger charge is 2.16. The van der Waals surface area contributed by atoms with E-state index < -0.39 is 0 Å². The minimum Gasteiger partial charge on any atom is -0.497 e. The van der Waals surface area contributed by atoms with Gasteiger partial charge in [0, 0.05) is 12.1 Å². The number of thioether (sulfide) groups is 1. The summed E-state index contributed by atoms with van der Waals surface area (Å²) >= 11 is 1.42. The molecule has 1 N–H and O–H groups in total. The van der Waals surface area contributed by atoms with E-state index in [9.17, 15) is 4.79 Å². The Morgan fingerprint density at radius 1 is 1.13 bits per heavy atom. The Kier molecular flexibility index (Phi) is 7.90. The molecule has 0 spiro atoms. The van der Waals surface area contributed by atoms with Crippen LogP contribution in [0, 0.1) is 0 Å². The van der Waals surface area contributed by atoms with Crippen LogP contribution in [-0.2, 0) is 11.3 Å². The van der Waals surface area contributed by atoms with Crippen molar-refractivity contribution in [1.29, 1.82) is 0 Å². The van der Waals surface area contributed by atoms with Gasteiger partial charge >= 0.3 is 0 Å². The number of aromatic nitrogens is 3. The molecule has 0 bridgehead atoms. The van der Waals surface area contributed by atoms with Crippen molar-refractivity contribution in [3.63, 3.8) is 0 Å². The van der Waals surface area contributed by atoms with Gasteiger partial charge in [-0.3, -0.25) is 4.79 Å². The quantitative estimate of drug-likeness (QED) is 0.477. The molecule has 0 aliphatic carbocycles. The van der Waals surface area contributed by atoms with Gasteiger partial charge in [0.25, 0.3) is 0 Å². The van der Waals surface area contributed by atoms with Gasteiger partial charge in [0.1, 0.15) is 5.75 Å². The number of benzene rings is 2. The zero-order valence-electron chi connectivity index (χ0n) is 17.7. The molecular formula is C23H28N4O2S. The van der Waals surface area contributed by atoms with Crippen LogP contribution in [0.3, 0.4) is 0 Å². The van der Waals surface area contributed by atoms with Gasteiger partial charge in [-0.1, -0.05) is 55.4 Å². The molecule has 3 aromatic rings. The lowest BCUT2D eigenvalue weighted by molar-refractivity contribution is -0.119. The average molecular weight is 425 g/mol. The highest BCUT2D eigenvalue weighted by Crippen LogP contribution is 2.26. The maximum absolute atomic E-state index is 12.5.